The van der Waals surface area contributed by atoms with Gasteiger partial charge in [-0.25, -0.2) is 4.52 Å². The number of pyridine rings is 1. The monoisotopic (exact) mass is 244 g/mol. The summed E-state index contributed by atoms with van der Waals surface area (Å²) in [6, 6.07) is 5.97. The second-order valence-corrected chi connectivity index (χ2v) is 5.39. The van der Waals surface area contributed by atoms with Gasteiger partial charge in [0.1, 0.15) is 0 Å². The van der Waals surface area contributed by atoms with Gasteiger partial charge in [0, 0.05) is 11.8 Å². The minimum atomic E-state index is -0.368. The highest BCUT2D eigenvalue weighted by Gasteiger charge is 2.20. The van der Waals surface area contributed by atoms with Crippen molar-refractivity contribution in [3.8, 4) is 0 Å². The van der Waals surface area contributed by atoms with Gasteiger partial charge in [-0.15, -0.1) is 0 Å². The first kappa shape index (κ1) is 11.7. The molecule has 3 nitrogen and oxygen atoms in total. The third-order valence-electron chi connectivity index (χ3n) is 4.10. The van der Waals surface area contributed by atoms with Crippen LogP contribution in [0.15, 0.2) is 30.6 Å². The summed E-state index contributed by atoms with van der Waals surface area (Å²) in [6.45, 7) is 0. The van der Waals surface area contributed by atoms with Crippen molar-refractivity contribution in [2.45, 2.75) is 44.6 Å². The molecule has 1 atom stereocenters. The van der Waals surface area contributed by atoms with E-state index >= 15 is 0 Å². The Hall–Kier alpha value is -1.35. The lowest BCUT2D eigenvalue weighted by molar-refractivity contribution is 0.132. The van der Waals surface area contributed by atoms with Crippen LogP contribution in [0.4, 0.5) is 0 Å². The van der Waals surface area contributed by atoms with E-state index < -0.39 is 0 Å². The van der Waals surface area contributed by atoms with Crippen LogP contribution in [0.25, 0.3) is 5.52 Å². The maximum absolute atomic E-state index is 10.4. The van der Waals surface area contributed by atoms with E-state index in [-0.39, 0.29) is 6.10 Å². The van der Waals surface area contributed by atoms with Gasteiger partial charge < -0.3 is 5.11 Å². The summed E-state index contributed by atoms with van der Waals surface area (Å²) in [7, 11) is 0. The molecule has 96 valence electrons. The van der Waals surface area contributed by atoms with Crippen molar-refractivity contribution in [3.05, 3.63) is 36.2 Å². The minimum absolute atomic E-state index is 0.368. The standard InChI is InChI=1S/C15H20N2O/c18-15(10-12-6-2-1-3-7-12)13-11-16-17-9-5-4-8-14(13)17/h4-5,8-9,11-12,15,18H,1-3,6-7,10H2. The molecule has 0 amide bonds. The first-order valence-electron chi connectivity index (χ1n) is 6.95. The summed E-state index contributed by atoms with van der Waals surface area (Å²) < 4.78 is 1.83. The Morgan fingerprint density at radius 2 is 2.11 bits per heavy atom. The van der Waals surface area contributed by atoms with Crippen LogP contribution < -0.4 is 0 Å². The first-order valence-corrected chi connectivity index (χ1v) is 6.95. The fraction of sp³-hybridized carbons (Fsp3) is 0.533. The van der Waals surface area contributed by atoms with Crippen LogP contribution in [0.2, 0.25) is 0 Å². The first-order chi connectivity index (χ1) is 8.84. The van der Waals surface area contributed by atoms with Crippen molar-refractivity contribution in [2.24, 2.45) is 5.92 Å². The molecule has 0 aromatic carbocycles. The Morgan fingerprint density at radius 1 is 1.28 bits per heavy atom. The lowest BCUT2D eigenvalue weighted by Gasteiger charge is -2.23. The van der Waals surface area contributed by atoms with Crippen LogP contribution in [0.3, 0.4) is 0 Å². The molecular weight excluding hydrogens is 224 g/mol. The van der Waals surface area contributed by atoms with E-state index in [0.717, 1.165) is 17.5 Å². The van der Waals surface area contributed by atoms with E-state index in [2.05, 4.69) is 5.10 Å². The number of aliphatic hydroxyl groups is 1. The zero-order valence-electron chi connectivity index (χ0n) is 10.6. The summed E-state index contributed by atoms with van der Waals surface area (Å²) in [5.74, 6) is 0.687. The molecule has 1 N–H and O–H groups in total. The Bertz CT molecular complexity index is 514. The molecule has 0 bridgehead atoms. The van der Waals surface area contributed by atoms with Gasteiger partial charge >= 0.3 is 0 Å². The predicted octanol–water partition coefficient (Wildman–Crippen LogP) is 3.34. The molecule has 2 aromatic rings. The van der Waals surface area contributed by atoms with Crippen molar-refractivity contribution in [2.75, 3.05) is 0 Å². The van der Waals surface area contributed by atoms with Crippen LogP contribution >= 0.6 is 0 Å². The molecule has 3 rings (SSSR count). The number of hydrogen-bond donors (Lipinski definition) is 1. The van der Waals surface area contributed by atoms with E-state index in [1.54, 1.807) is 0 Å². The molecule has 1 aliphatic rings. The van der Waals surface area contributed by atoms with Crippen molar-refractivity contribution >= 4 is 5.52 Å². The highest BCUT2D eigenvalue weighted by molar-refractivity contribution is 5.54. The second-order valence-electron chi connectivity index (χ2n) is 5.39. The SMILES string of the molecule is OC(CC1CCCCC1)c1cnn2ccccc12. The number of rotatable bonds is 3. The molecule has 3 heteroatoms. The average Bonchev–Trinajstić information content (AvgIpc) is 2.84. The van der Waals surface area contributed by atoms with E-state index in [9.17, 15) is 5.11 Å². The van der Waals surface area contributed by atoms with Gasteiger partial charge in [-0.3, -0.25) is 0 Å². The molecule has 0 radical (unpaired) electrons. The number of nitrogens with zero attached hydrogens (tertiary/aromatic N) is 2. The molecule has 1 saturated carbocycles. The van der Waals surface area contributed by atoms with Gasteiger partial charge in [-0.2, -0.15) is 5.10 Å². The van der Waals surface area contributed by atoms with Gasteiger partial charge in [-0.05, 0) is 24.5 Å². The van der Waals surface area contributed by atoms with Crippen molar-refractivity contribution in [1.29, 1.82) is 0 Å². The smallest absolute Gasteiger partial charge is 0.0829 e. The maximum Gasteiger partial charge on any atom is 0.0829 e. The zero-order chi connectivity index (χ0) is 12.4. The van der Waals surface area contributed by atoms with E-state index in [1.807, 2.05) is 35.1 Å². The Kier molecular flexibility index (Phi) is 3.33. The molecule has 2 aromatic heterocycles. The van der Waals surface area contributed by atoms with E-state index in [4.69, 9.17) is 0 Å². The van der Waals surface area contributed by atoms with Crippen LogP contribution in [-0.2, 0) is 0 Å². The summed E-state index contributed by atoms with van der Waals surface area (Å²) in [5.41, 5.74) is 2.00. The third kappa shape index (κ3) is 2.27. The Balaban J connectivity index is 1.76. The van der Waals surface area contributed by atoms with Crippen molar-refractivity contribution < 1.29 is 5.11 Å². The molecule has 0 spiro atoms. The molecule has 0 aliphatic heterocycles. The fourth-order valence-corrected chi connectivity index (χ4v) is 3.08. The normalized spacial score (nSPS) is 19.2. The lowest BCUT2D eigenvalue weighted by Crippen LogP contribution is -2.11. The fourth-order valence-electron chi connectivity index (χ4n) is 3.08. The van der Waals surface area contributed by atoms with E-state index in [1.165, 1.54) is 32.1 Å². The molecular formula is C15H20N2O. The molecule has 1 aliphatic carbocycles. The largest absolute Gasteiger partial charge is 0.388 e. The van der Waals surface area contributed by atoms with Crippen LogP contribution in [0, 0.1) is 5.92 Å². The number of aliphatic hydroxyl groups excluding tert-OH is 1. The zero-order valence-corrected chi connectivity index (χ0v) is 10.6. The van der Waals surface area contributed by atoms with Crippen molar-refractivity contribution in [1.82, 2.24) is 9.61 Å². The number of fused-ring (bicyclic) bond motifs is 1. The molecule has 18 heavy (non-hydrogen) atoms. The van der Waals surface area contributed by atoms with Gasteiger partial charge in [0.05, 0.1) is 17.8 Å². The van der Waals surface area contributed by atoms with Gasteiger partial charge in [0.2, 0.25) is 0 Å². The van der Waals surface area contributed by atoms with Crippen molar-refractivity contribution in [3.63, 3.8) is 0 Å². The number of aromatic nitrogens is 2. The summed E-state index contributed by atoms with van der Waals surface area (Å²) >= 11 is 0. The van der Waals surface area contributed by atoms with Crippen LogP contribution in [0.5, 0.6) is 0 Å². The summed E-state index contributed by atoms with van der Waals surface area (Å²) in [4.78, 5) is 0. The quantitative estimate of drug-likeness (QED) is 0.899. The third-order valence-corrected chi connectivity index (χ3v) is 4.10. The summed E-state index contributed by atoms with van der Waals surface area (Å²) in [6.07, 6.45) is 10.8. The lowest BCUT2D eigenvalue weighted by atomic mass is 9.84. The van der Waals surface area contributed by atoms with Gasteiger partial charge in [-0.1, -0.05) is 38.2 Å². The minimum Gasteiger partial charge on any atom is -0.388 e. The average molecular weight is 244 g/mol. The van der Waals surface area contributed by atoms with E-state index in [0.29, 0.717) is 5.92 Å². The van der Waals surface area contributed by atoms with Gasteiger partial charge in [0.15, 0.2) is 0 Å². The highest BCUT2D eigenvalue weighted by Crippen LogP contribution is 2.32. The maximum atomic E-state index is 10.4. The molecule has 1 fully saturated rings. The Morgan fingerprint density at radius 3 is 2.94 bits per heavy atom. The van der Waals surface area contributed by atoms with Crippen LogP contribution in [0.1, 0.15) is 50.2 Å². The van der Waals surface area contributed by atoms with Gasteiger partial charge in [0.25, 0.3) is 0 Å². The topological polar surface area (TPSA) is 37.5 Å². The van der Waals surface area contributed by atoms with Crippen LogP contribution in [-0.4, -0.2) is 14.7 Å². The predicted molar refractivity (Wildman–Crippen MR) is 71.3 cm³/mol. The molecule has 2 heterocycles. The second kappa shape index (κ2) is 5.11. The molecule has 1 unspecified atom stereocenters. The number of hydrogen-bond acceptors (Lipinski definition) is 2. The Labute approximate surface area is 107 Å². The molecule has 0 saturated heterocycles. The summed E-state index contributed by atoms with van der Waals surface area (Å²) in [5, 5.41) is 14.7. The highest BCUT2D eigenvalue weighted by atomic mass is 16.3.